The first-order chi connectivity index (χ1) is 9.10. The first-order valence-corrected chi connectivity index (χ1v) is 6.13. The first kappa shape index (κ1) is 13.5. The van der Waals surface area contributed by atoms with Crippen molar-refractivity contribution in [3.63, 3.8) is 0 Å². The Morgan fingerprint density at radius 2 is 1.84 bits per heavy atom. The molecule has 0 atom stereocenters. The highest BCUT2D eigenvalue weighted by Gasteiger charge is 2.10. The van der Waals surface area contributed by atoms with Crippen molar-refractivity contribution in [3.05, 3.63) is 47.2 Å². The van der Waals surface area contributed by atoms with Gasteiger partial charge in [-0.3, -0.25) is 0 Å². The van der Waals surface area contributed by atoms with Crippen LogP contribution in [0.5, 0.6) is 17.2 Å². The van der Waals surface area contributed by atoms with Crippen LogP contribution in [0.1, 0.15) is 6.92 Å². The van der Waals surface area contributed by atoms with E-state index in [-0.39, 0.29) is 11.4 Å². The lowest BCUT2D eigenvalue weighted by Crippen LogP contribution is -1.98. The van der Waals surface area contributed by atoms with E-state index in [0.717, 1.165) is 0 Å². The second kappa shape index (κ2) is 5.80. The fraction of sp³-hybridized carbons (Fsp3) is 0.143. The van der Waals surface area contributed by atoms with E-state index in [2.05, 4.69) is 0 Å². The predicted molar refractivity (Wildman–Crippen MR) is 73.5 cm³/mol. The van der Waals surface area contributed by atoms with Crippen LogP contribution in [0.2, 0.25) is 5.02 Å². The number of nitrogens with two attached hydrogens (primary N) is 1. The van der Waals surface area contributed by atoms with Gasteiger partial charge in [-0.25, -0.2) is 4.39 Å². The van der Waals surface area contributed by atoms with Gasteiger partial charge in [0.05, 0.1) is 12.3 Å². The van der Waals surface area contributed by atoms with Gasteiger partial charge in [-0.05, 0) is 31.2 Å². The van der Waals surface area contributed by atoms with E-state index in [1.165, 1.54) is 12.1 Å². The quantitative estimate of drug-likeness (QED) is 0.852. The normalized spacial score (nSPS) is 10.3. The molecule has 0 aromatic heterocycles. The molecule has 0 fully saturated rings. The fourth-order valence-electron chi connectivity index (χ4n) is 1.53. The molecule has 2 rings (SSSR count). The molecule has 0 heterocycles. The van der Waals surface area contributed by atoms with Gasteiger partial charge in [-0.2, -0.15) is 0 Å². The standard InChI is InChI=1S/C14H13ClFNO2/c1-2-18-13-8-14(12(17)7-11(13)16)19-10-5-3-9(15)4-6-10/h3-8H,2,17H2,1H3. The topological polar surface area (TPSA) is 44.5 Å². The van der Waals surface area contributed by atoms with Gasteiger partial charge in [0.1, 0.15) is 5.75 Å². The molecule has 0 aliphatic rings. The van der Waals surface area contributed by atoms with Crippen LogP contribution >= 0.6 is 11.6 Å². The van der Waals surface area contributed by atoms with E-state index in [0.29, 0.717) is 23.1 Å². The summed E-state index contributed by atoms with van der Waals surface area (Å²) in [5.74, 6) is 0.501. The molecule has 0 spiro atoms. The maximum Gasteiger partial charge on any atom is 0.167 e. The summed E-state index contributed by atoms with van der Waals surface area (Å²) in [6.07, 6.45) is 0. The van der Waals surface area contributed by atoms with Crippen LogP contribution in [-0.4, -0.2) is 6.61 Å². The molecular weight excluding hydrogens is 269 g/mol. The van der Waals surface area contributed by atoms with Crippen molar-refractivity contribution in [2.45, 2.75) is 6.92 Å². The molecule has 100 valence electrons. The molecule has 2 aromatic carbocycles. The maximum absolute atomic E-state index is 13.5. The van der Waals surface area contributed by atoms with Crippen molar-refractivity contribution in [2.75, 3.05) is 12.3 Å². The van der Waals surface area contributed by atoms with Crippen LogP contribution < -0.4 is 15.2 Å². The van der Waals surface area contributed by atoms with Crippen LogP contribution in [-0.2, 0) is 0 Å². The summed E-state index contributed by atoms with van der Waals surface area (Å²) in [5, 5.41) is 0.606. The molecule has 19 heavy (non-hydrogen) atoms. The van der Waals surface area contributed by atoms with E-state index in [1.54, 1.807) is 31.2 Å². The third kappa shape index (κ3) is 3.29. The summed E-state index contributed by atoms with van der Waals surface area (Å²) in [4.78, 5) is 0. The van der Waals surface area contributed by atoms with Crippen molar-refractivity contribution < 1.29 is 13.9 Å². The Kier molecular flexibility index (Phi) is 4.12. The van der Waals surface area contributed by atoms with Crippen LogP contribution in [0.25, 0.3) is 0 Å². The molecule has 0 saturated carbocycles. The summed E-state index contributed by atoms with van der Waals surface area (Å²) in [7, 11) is 0. The summed E-state index contributed by atoms with van der Waals surface area (Å²) in [5.41, 5.74) is 5.92. The number of anilines is 1. The summed E-state index contributed by atoms with van der Waals surface area (Å²) in [6, 6.07) is 9.40. The smallest absolute Gasteiger partial charge is 0.167 e. The Labute approximate surface area is 115 Å². The van der Waals surface area contributed by atoms with Gasteiger partial charge in [-0.15, -0.1) is 0 Å². The minimum absolute atomic E-state index is 0.112. The van der Waals surface area contributed by atoms with Crippen molar-refractivity contribution in [1.29, 1.82) is 0 Å². The molecule has 3 nitrogen and oxygen atoms in total. The Bertz CT molecular complexity index is 572. The summed E-state index contributed by atoms with van der Waals surface area (Å²) >= 11 is 5.78. The van der Waals surface area contributed by atoms with Gasteiger partial charge in [0.15, 0.2) is 17.3 Å². The zero-order valence-corrected chi connectivity index (χ0v) is 11.1. The lowest BCUT2D eigenvalue weighted by Gasteiger charge is -2.11. The zero-order chi connectivity index (χ0) is 13.8. The van der Waals surface area contributed by atoms with E-state index in [4.69, 9.17) is 26.8 Å². The molecule has 0 aliphatic heterocycles. The van der Waals surface area contributed by atoms with Gasteiger partial charge in [0, 0.05) is 17.2 Å². The average molecular weight is 282 g/mol. The molecule has 0 saturated heterocycles. The summed E-state index contributed by atoms with van der Waals surface area (Å²) in [6.45, 7) is 2.14. The van der Waals surface area contributed by atoms with Gasteiger partial charge in [0.25, 0.3) is 0 Å². The molecule has 0 radical (unpaired) electrons. The van der Waals surface area contributed by atoms with Gasteiger partial charge >= 0.3 is 0 Å². The Balaban J connectivity index is 2.28. The minimum Gasteiger partial charge on any atom is -0.491 e. The largest absolute Gasteiger partial charge is 0.491 e. The highest BCUT2D eigenvalue weighted by atomic mass is 35.5. The van der Waals surface area contributed by atoms with Crippen molar-refractivity contribution >= 4 is 17.3 Å². The van der Waals surface area contributed by atoms with Crippen LogP contribution in [0.3, 0.4) is 0 Å². The first-order valence-electron chi connectivity index (χ1n) is 5.75. The molecule has 2 aromatic rings. The van der Waals surface area contributed by atoms with Crippen LogP contribution in [0.15, 0.2) is 36.4 Å². The third-order valence-corrected chi connectivity index (χ3v) is 2.66. The second-order valence-corrected chi connectivity index (χ2v) is 4.25. The Morgan fingerprint density at radius 3 is 2.47 bits per heavy atom. The van der Waals surface area contributed by atoms with E-state index >= 15 is 0 Å². The lowest BCUT2D eigenvalue weighted by molar-refractivity contribution is 0.319. The number of hydrogen-bond donors (Lipinski definition) is 1. The highest BCUT2D eigenvalue weighted by Crippen LogP contribution is 2.33. The molecule has 5 heteroatoms. The molecule has 2 N–H and O–H groups in total. The fourth-order valence-corrected chi connectivity index (χ4v) is 1.66. The number of ether oxygens (including phenoxy) is 2. The second-order valence-electron chi connectivity index (χ2n) is 3.81. The molecule has 0 amide bonds. The Hall–Kier alpha value is -1.94. The summed E-state index contributed by atoms with van der Waals surface area (Å²) < 4.78 is 24.3. The minimum atomic E-state index is -0.511. The maximum atomic E-state index is 13.5. The molecule has 0 aliphatic carbocycles. The molecular formula is C14H13ClFNO2. The number of nitrogen functional groups attached to an aromatic ring is 1. The zero-order valence-electron chi connectivity index (χ0n) is 10.3. The van der Waals surface area contributed by atoms with E-state index < -0.39 is 5.82 Å². The number of halogens is 2. The van der Waals surface area contributed by atoms with Gasteiger partial charge < -0.3 is 15.2 Å². The van der Waals surface area contributed by atoms with Gasteiger partial charge in [-0.1, -0.05) is 11.6 Å². The third-order valence-electron chi connectivity index (χ3n) is 2.41. The van der Waals surface area contributed by atoms with Crippen LogP contribution in [0.4, 0.5) is 10.1 Å². The number of rotatable bonds is 4. The van der Waals surface area contributed by atoms with Crippen LogP contribution in [0, 0.1) is 5.82 Å². The average Bonchev–Trinajstić information content (AvgIpc) is 2.38. The van der Waals surface area contributed by atoms with Crippen molar-refractivity contribution in [2.24, 2.45) is 0 Å². The van der Waals surface area contributed by atoms with E-state index in [9.17, 15) is 4.39 Å². The predicted octanol–water partition coefficient (Wildman–Crippen LogP) is 4.25. The van der Waals surface area contributed by atoms with E-state index in [1.807, 2.05) is 0 Å². The SMILES string of the molecule is CCOc1cc(Oc2ccc(Cl)cc2)c(N)cc1F. The molecule has 0 unspecified atom stereocenters. The number of hydrogen-bond acceptors (Lipinski definition) is 3. The monoisotopic (exact) mass is 281 g/mol. The van der Waals surface area contributed by atoms with Crippen molar-refractivity contribution in [1.82, 2.24) is 0 Å². The molecule has 0 bridgehead atoms. The number of benzene rings is 2. The Morgan fingerprint density at radius 1 is 1.16 bits per heavy atom. The van der Waals surface area contributed by atoms with Crippen molar-refractivity contribution in [3.8, 4) is 17.2 Å². The highest BCUT2D eigenvalue weighted by molar-refractivity contribution is 6.30. The van der Waals surface area contributed by atoms with Gasteiger partial charge in [0.2, 0.25) is 0 Å². The lowest BCUT2D eigenvalue weighted by atomic mass is 10.2.